The highest BCUT2D eigenvalue weighted by atomic mass is 19.1. The molecule has 0 bridgehead atoms. The Labute approximate surface area is 145 Å². The van der Waals surface area contributed by atoms with Crippen LogP contribution in [0.25, 0.3) is 11.3 Å². The molecule has 1 aromatic heterocycles. The standard InChI is InChI=1S/C17H19FN6O/c1-10-9-25-13(7-20)8-24(10)16-5-15(22-17(21)23-16)11-2-3-12(6-19)14(18)4-11/h2-5,10,13H,7-9,20H2,1H3,(H2,21,22,23)/t10-,13-/m1/s1. The van der Waals surface area contributed by atoms with E-state index in [2.05, 4.69) is 14.9 Å². The third-order valence-electron chi connectivity index (χ3n) is 4.18. The zero-order valence-corrected chi connectivity index (χ0v) is 13.8. The Hall–Kier alpha value is -2.76. The van der Waals surface area contributed by atoms with Gasteiger partial charge in [0.1, 0.15) is 17.7 Å². The average molecular weight is 342 g/mol. The van der Waals surface area contributed by atoms with E-state index in [-0.39, 0.29) is 23.7 Å². The number of aromatic nitrogens is 2. The van der Waals surface area contributed by atoms with Crippen LogP contribution in [-0.2, 0) is 4.74 Å². The zero-order chi connectivity index (χ0) is 18.0. The SMILES string of the molecule is C[C@@H]1CO[C@H](CN)CN1c1cc(-c2ccc(C#N)c(F)c2)nc(N)n1. The summed E-state index contributed by atoms with van der Waals surface area (Å²) in [4.78, 5) is 10.6. The van der Waals surface area contributed by atoms with Crippen molar-refractivity contribution < 1.29 is 9.13 Å². The van der Waals surface area contributed by atoms with Crippen LogP contribution in [0.3, 0.4) is 0 Å². The summed E-state index contributed by atoms with van der Waals surface area (Å²) in [7, 11) is 0. The molecule has 7 nitrogen and oxygen atoms in total. The molecule has 0 spiro atoms. The van der Waals surface area contributed by atoms with Crippen molar-refractivity contribution in [2.24, 2.45) is 5.73 Å². The molecule has 0 aliphatic carbocycles. The van der Waals surface area contributed by atoms with Crippen LogP contribution >= 0.6 is 0 Å². The Bertz CT molecular complexity index is 821. The van der Waals surface area contributed by atoms with Crippen molar-refractivity contribution in [2.75, 3.05) is 30.3 Å². The molecule has 1 aliphatic rings. The molecule has 2 aromatic rings. The van der Waals surface area contributed by atoms with E-state index < -0.39 is 5.82 Å². The van der Waals surface area contributed by atoms with E-state index in [1.807, 2.05) is 6.92 Å². The van der Waals surface area contributed by atoms with E-state index in [0.717, 1.165) is 0 Å². The highest BCUT2D eigenvalue weighted by Crippen LogP contribution is 2.27. The molecule has 130 valence electrons. The summed E-state index contributed by atoms with van der Waals surface area (Å²) in [5.41, 5.74) is 12.6. The number of morpholine rings is 1. The van der Waals surface area contributed by atoms with Gasteiger partial charge in [0.05, 0.1) is 30.0 Å². The van der Waals surface area contributed by atoms with Crippen molar-refractivity contribution in [1.29, 1.82) is 5.26 Å². The van der Waals surface area contributed by atoms with Gasteiger partial charge in [-0.3, -0.25) is 0 Å². The van der Waals surface area contributed by atoms with Crippen molar-refractivity contribution in [3.05, 3.63) is 35.6 Å². The predicted molar refractivity (Wildman–Crippen MR) is 92.2 cm³/mol. The van der Waals surface area contributed by atoms with Crippen LogP contribution in [-0.4, -0.2) is 41.8 Å². The maximum atomic E-state index is 13.9. The lowest BCUT2D eigenvalue weighted by atomic mass is 10.1. The first kappa shape index (κ1) is 17.1. The first-order valence-electron chi connectivity index (χ1n) is 7.94. The van der Waals surface area contributed by atoms with Gasteiger partial charge in [-0.25, -0.2) is 9.37 Å². The second-order valence-electron chi connectivity index (χ2n) is 5.97. The van der Waals surface area contributed by atoms with Crippen molar-refractivity contribution in [3.8, 4) is 17.3 Å². The van der Waals surface area contributed by atoms with Crippen LogP contribution in [0.4, 0.5) is 16.2 Å². The number of anilines is 2. The van der Waals surface area contributed by atoms with E-state index in [4.69, 9.17) is 21.5 Å². The second kappa shape index (κ2) is 7.01. The van der Waals surface area contributed by atoms with Gasteiger partial charge in [0.15, 0.2) is 0 Å². The fraction of sp³-hybridized carbons (Fsp3) is 0.353. The molecule has 1 fully saturated rings. The average Bonchev–Trinajstić information content (AvgIpc) is 2.61. The van der Waals surface area contributed by atoms with Crippen molar-refractivity contribution in [2.45, 2.75) is 19.1 Å². The molecule has 1 aliphatic heterocycles. The highest BCUT2D eigenvalue weighted by Gasteiger charge is 2.27. The number of hydrogen-bond acceptors (Lipinski definition) is 7. The maximum Gasteiger partial charge on any atom is 0.222 e. The lowest BCUT2D eigenvalue weighted by Gasteiger charge is -2.38. The normalized spacial score (nSPS) is 20.3. The monoisotopic (exact) mass is 342 g/mol. The van der Waals surface area contributed by atoms with Crippen LogP contribution in [0.1, 0.15) is 12.5 Å². The lowest BCUT2D eigenvalue weighted by Crippen LogP contribution is -2.51. The number of hydrogen-bond donors (Lipinski definition) is 2. The summed E-state index contributed by atoms with van der Waals surface area (Å²) in [6, 6.07) is 7.99. The van der Waals surface area contributed by atoms with E-state index in [9.17, 15) is 4.39 Å². The largest absolute Gasteiger partial charge is 0.373 e. The minimum Gasteiger partial charge on any atom is -0.373 e. The topological polar surface area (TPSA) is 114 Å². The van der Waals surface area contributed by atoms with Crippen molar-refractivity contribution in [1.82, 2.24) is 9.97 Å². The Balaban J connectivity index is 1.98. The molecule has 8 heteroatoms. The number of nitrogens with two attached hydrogens (primary N) is 2. The Morgan fingerprint density at radius 3 is 2.88 bits per heavy atom. The van der Waals surface area contributed by atoms with Crippen LogP contribution in [0.2, 0.25) is 0 Å². The maximum absolute atomic E-state index is 13.9. The lowest BCUT2D eigenvalue weighted by molar-refractivity contribution is 0.0280. The fourth-order valence-electron chi connectivity index (χ4n) is 2.79. The molecule has 2 atom stereocenters. The molecule has 1 saturated heterocycles. The summed E-state index contributed by atoms with van der Waals surface area (Å²) in [5, 5.41) is 8.85. The quantitative estimate of drug-likeness (QED) is 0.864. The number of nitriles is 1. The minimum atomic E-state index is -0.596. The van der Waals surface area contributed by atoms with E-state index >= 15 is 0 Å². The number of benzene rings is 1. The fourth-order valence-corrected chi connectivity index (χ4v) is 2.79. The molecule has 0 amide bonds. The van der Waals surface area contributed by atoms with Gasteiger partial charge in [0.25, 0.3) is 0 Å². The molecule has 3 rings (SSSR count). The third kappa shape index (κ3) is 3.52. The zero-order valence-electron chi connectivity index (χ0n) is 13.8. The van der Waals surface area contributed by atoms with Crippen molar-refractivity contribution >= 4 is 11.8 Å². The van der Waals surface area contributed by atoms with Gasteiger partial charge in [-0.05, 0) is 19.1 Å². The van der Waals surface area contributed by atoms with Gasteiger partial charge in [-0.15, -0.1) is 0 Å². The number of nitrogen functional groups attached to an aromatic ring is 1. The Morgan fingerprint density at radius 2 is 2.20 bits per heavy atom. The summed E-state index contributed by atoms with van der Waals surface area (Å²) in [6.45, 7) is 3.56. The summed E-state index contributed by atoms with van der Waals surface area (Å²) >= 11 is 0. The summed E-state index contributed by atoms with van der Waals surface area (Å²) in [6.07, 6.45) is -0.0804. The number of nitrogens with zero attached hydrogens (tertiary/aromatic N) is 4. The van der Waals surface area contributed by atoms with Crippen LogP contribution in [0, 0.1) is 17.1 Å². The molecule has 2 heterocycles. The van der Waals surface area contributed by atoms with E-state index in [1.54, 1.807) is 18.2 Å². The molecule has 0 saturated carbocycles. The Morgan fingerprint density at radius 1 is 1.40 bits per heavy atom. The summed E-state index contributed by atoms with van der Waals surface area (Å²) < 4.78 is 19.6. The first-order valence-corrected chi connectivity index (χ1v) is 7.94. The molecule has 0 radical (unpaired) electrons. The number of halogens is 1. The van der Waals surface area contributed by atoms with Crippen LogP contribution in [0.5, 0.6) is 0 Å². The van der Waals surface area contributed by atoms with Gasteiger partial charge in [-0.1, -0.05) is 6.07 Å². The van der Waals surface area contributed by atoms with Gasteiger partial charge in [0, 0.05) is 24.7 Å². The van der Waals surface area contributed by atoms with Crippen molar-refractivity contribution in [3.63, 3.8) is 0 Å². The predicted octanol–water partition coefficient (Wildman–Crippen LogP) is 1.29. The second-order valence-corrected chi connectivity index (χ2v) is 5.97. The van der Waals surface area contributed by atoms with Gasteiger partial charge in [0.2, 0.25) is 5.95 Å². The third-order valence-corrected chi connectivity index (χ3v) is 4.18. The smallest absolute Gasteiger partial charge is 0.222 e. The molecular formula is C17H19FN6O. The minimum absolute atomic E-state index is 0.0152. The molecule has 25 heavy (non-hydrogen) atoms. The molecular weight excluding hydrogens is 323 g/mol. The molecule has 1 aromatic carbocycles. The first-order chi connectivity index (χ1) is 12.0. The van der Waals surface area contributed by atoms with Gasteiger partial charge in [-0.2, -0.15) is 10.2 Å². The number of ether oxygens (including phenoxy) is 1. The van der Waals surface area contributed by atoms with E-state index in [0.29, 0.717) is 36.8 Å². The van der Waals surface area contributed by atoms with Gasteiger partial charge < -0.3 is 21.1 Å². The highest BCUT2D eigenvalue weighted by molar-refractivity contribution is 5.65. The summed E-state index contributed by atoms with van der Waals surface area (Å²) in [5.74, 6) is 0.142. The molecule has 4 N–H and O–H groups in total. The Kier molecular flexibility index (Phi) is 4.79. The van der Waals surface area contributed by atoms with E-state index in [1.165, 1.54) is 12.1 Å². The van der Waals surface area contributed by atoms with Crippen LogP contribution in [0.15, 0.2) is 24.3 Å². The number of rotatable bonds is 3. The van der Waals surface area contributed by atoms with Crippen LogP contribution < -0.4 is 16.4 Å². The molecule has 0 unspecified atom stereocenters. The van der Waals surface area contributed by atoms with Gasteiger partial charge >= 0.3 is 0 Å².